The number of aliphatic carboxylic acids is 1. The summed E-state index contributed by atoms with van der Waals surface area (Å²) in [6.07, 6.45) is 2.42. The van der Waals surface area contributed by atoms with Gasteiger partial charge in [0.25, 0.3) is 0 Å². The highest BCUT2D eigenvalue weighted by Gasteiger charge is 2.29. The molecule has 150 valence electrons. The number of carbonyl (C=O) groups excluding carboxylic acids is 1. The van der Waals surface area contributed by atoms with Crippen LogP contribution < -0.4 is 15.4 Å². The van der Waals surface area contributed by atoms with Crippen molar-refractivity contribution in [2.24, 2.45) is 0 Å². The topological polar surface area (TPSA) is 125 Å². The van der Waals surface area contributed by atoms with Crippen molar-refractivity contribution in [2.75, 3.05) is 31.6 Å². The molecule has 2 rings (SSSR count). The second-order valence-corrected chi connectivity index (χ2v) is 7.99. The average molecular weight is 399 g/mol. The molecule has 1 aromatic carbocycles. The van der Waals surface area contributed by atoms with E-state index in [0.29, 0.717) is 19.7 Å². The molecule has 1 heterocycles. The molecule has 0 aromatic heterocycles. The number of benzene rings is 1. The first-order valence-corrected chi connectivity index (χ1v) is 10.3. The summed E-state index contributed by atoms with van der Waals surface area (Å²) in [6, 6.07) is 3.80. The second-order valence-electron chi connectivity index (χ2n) is 6.08. The highest BCUT2D eigenvalue weighted by atomic mass is 32.2. The summed E-state index contributed by atoms with van der Waals surface area (Å²) < 4.78 is 32.9. The Labute approximate surface area is 158 Å². The minimum absolute atomic E-state index is 0.00888. The number of anilines is 1. The summed E-state index contributed by atoms with van der Waals surface area (Å²) in [6.45, 7) is 2.96. The van der Waals surface area contributed by atoms with Crippen LogP contribution in [0.4, 0.5) is 10.5 Å². The number of ether oxygens (including phenoxy) is 1. The normalized spacial score (nSPS) is 15.1. The van der Waals surface area contributed by atoms with E-state index in [-0.39, 0.29) is 29.3 Å². The summed E-state index contributed by atoms with van der Waals surface area (Å²) in [7, 11) is -3.74. The molecule has 1 aromatic rings. The number of hydrogen-bond donors (Lipinski definition) is 3. The predicted octanol–water partition coefficient (Wildman–Crippen LogP) is 1.86. The van der Waals surface area contributed by atoms with Gasteiger partial charge in [0.2, 0.25) is 10.0 Å². The molecule has 27 heavy (non-hydrogen) atoms. The number of nitrogens with one attached hydrogen (secondary N) is 2. The number of piperidine rings is 1. The van der Waals surface area contributed by atoms with E-state index in [0.717, 1.165) is 19.3 Å². The maximum atomic E-state index is 13.0. The predicted molar refractivity (Wildman–Crippen MR) is 99.5 cm³/mol. The molecular weight excluding hydrogens is 374 g/mol. The smallest absolute Gasteiger partial charge is 0.319 e. The van der Waals surface area contributed by atoms with Crippen molar-refractivity contribution >= 4 is 27.7 Å². The van der Waals surface area contributed by atoms with Crippen molar-refractivity contribution in [1.82, 2.24) is 9.62 Å². The number of nitrogens with zero attached hydrogens (tertiary/aromatic N) is 1. The maximum absolute atomic E-state index is 13.0. The molecule has 1 saturated heterocycles. The lowest BCUT2D eigenvalue weighted by molar-refractivity contribution is -0.136. The fourth-order valence-electron chi connectivity index (χ4n) is 2.76. The van der Waals surface area contributed by atoms with Crippen LogP contribution in [0, 0.1) is 0 Å². The number of amides is 2. The highest BCUT2D eigenvalue weighted by Crippen LogP contribution is 2.31. The first kappa shape index (κ1) is 21.0. The Kier molecular flexibility index (Phi) is 7.43. The summed E-state index contributed by atoms with van der Waals surface area (Å²) in [5.74, 6) is -0.786. The number of rotatable bonds is 8. The van der Waals surface area contributed by atoms with Gasteiger partial charge in [-0.05, 0) is 38.0 Å². The lowest BCUT2D eigenvalue weighted by Crippen LogP contribution is -2.36. The lowest BCUT2D eigenvalue weighted by Gasteiger charge is -2.27. The summed E-state index contributed by atoms with van der Waals surface area (Å²) in [5.41, 5.74) is 0.280. The van der Waals surface area contributed by atoms with Crippen LogP contribution in [0.5, 0.6) is 5.75 Å². The molecule has 3 N–H and O–H groups in total. The third-order valence-electron chi connectivity index (χ3n) is 4.06. The van der Waals surface area contributed by atoms with Crippen LogP contribution in [0.25, 0.3) is 0 Å². The van der Waals surface area contributed by atoms with Crippen LogP contribution in [-0.2, 0) is 14.8 Å². The van der Waals surface area contributed by atoms with Gasteiger partial charge in [0, 0.05) is 25.3 Å². The Morgan fingerprint density at radius 2 is 1.93 bits per heavy atom. The van der Waals surface area contributed by atoms with Crippen molar-refractivity contribution < 1.29 is 27.9 Å². The molecule has 10 heteroatoms. The van der Waals surface area contributed by atoms with Gasteiger partial charge >= 0.3 is 12.0 Å². The first-order chi connectivity index (χ1) is 12.8. The zero-order chi connectivity index (χ0) is 19.9. The molecule has 1 aliphatic rings. The highest BCUT2D eigenvalue weighted by molar-refractivity contribution is 7.89. The maximum Gasteiger partial charge on any atom is 0.319 e. The Bertz CT molecular complexity index is 775. The van der Waals surface area contributed by atoms with Gasteiger partial charge in [-0.1, -0.05) is 6.42 Å². The van der Waals surface area contributed by atoms with Gasteiger partial charge in [-0.2, -0.15) is 4.31 Å². The van der Waals surface area contributed by atoms with E-state index in [9.17, 15) is 18.0 Å². The van der Waals surface area contributed by atoms with Crippen molar-refractivity contribution in [3.63, 3.8) is 0 Å². The molecule has 2 amide bonds. The zero-order valence-corrected chi connectivity index (χ0v) is 16.0. The Morgan fingerprint density at radius 3 is 2.56 bits per heavy atom. The first-order valence-electron chi connectivity index (χ1n) is 8.88. The van der Waals surface area contributed by atoms with Gasteiger partial charge in [-0.3, -0.25) is 4.79 Å². The Hall–Kier alpha value is -2.33. The van der Waals surface area contributed by atoms with E-state index in [4.69, 9.17) is 9.84 Å². The third kappa shape index (κ3) is 5.83. The minimum atomic E-state index is -3.74. The Balaban J connectivity index is 2.20. The number of carbonyl (C=O) groups is 2. The lowest BCUT2D eigenvalue weighted by atomic mass is 10.2. The van der Waals surface area contributed by atoms with Crippen LogP contribution in [0.15, 0.2) is 23.1 Å². The van der Waals surface area contributed by atoms with Crippen LogP contribution >= 0.6 is 0 Å². The van der Waals surface area contributed by atoms with Crippen molar-refractivity contribution in [3.05, 3.63) is 18.2 Å². The van der Waals surface area contributed by atoms with Gasteiger partial charge in [-0.25, -0.2) is 13.2 Å². The van der Waals surface area contributed by atoms with E-state index < -0.39 is 22.0 Å². The van der Waals surface area contributed by atoms with Crippen molar-refractivity contribution in [3.8, 4) is 5.75 Å². The molecule has 1 fully saturated rings. The fourth-order valence-corrected chi connectivity index (χ4v) is 4.44. The molecule has 0 saturated carbocycles. The molecule has 9 nitrogen and oxygen atoms in total. The zero-order valence-electron chi connectivity index (χ0n) is 15.2. The molecule has 0 atom stereocenters. The van der Waals surface area contributed by atoms with Gasteiger partial charge < -0.3 is 20.5 Å². The number of hydrogen-bond acceptors (Lipinski definition) is 5. The van der Waals surface area contributed by atoms with Crippen LogP contribution in [-0.4, -0.2) is 56.1 Å². The van der Waals surface area contributed by atoms with Crippen LogP contribution in [0.1, 0.15) is 32.6 Å². The van der Waals surface area contributed by atoms with E-state index >= 15 is 0 Å². The van der Waals surface area contributed by atoms with Crippen LogP contribution in [0.3, 0.4) is 0 Å². The molecule has 0 bridgehead atoms. The molecule has 0 spiro atoms. The number of sulfonamides is 1. The second kappa shape index (κ2) is 9.56. The van der Waals surface area contributed by atoms with E-state index in [1.165, 1.54) is 22.5 Å². The summed E-state index contributed by atoms with van der Waals surface area (Å²) in [4.78, 5) is 22.4. The van der Waals surface area contributed by atoms with Gasteiger partial charge in [-0.15, -0.1) is 0 Å². The standard InChI is InChI=1S/C17H25N3O6S/c1-2-26-14-7-6-13(19-17(23)18-9-8-16(21)22)12-15(14)27(24,25)20-10-4-3-5-11-20/h6-7,12H,2-5,8-11H2,1H3,(H,21,22)(H2,18,19,23). The summed E-state index contributed by atoms with van der Waals surface area (Å²) >= 11 is 0. The van der Waals surface area contributed by atoms with Gasteiger partial charge in [0.1, 0.15) is 10.6 Å². The van der Waals surface area contributed by atoms with Gasteiger partial charge in [0.15, 0.2) is 0 Å². The number of urea groups is 1. The average Bonchev–Trinajstić information content (AvgIpc) is 2.63. The SMILES string of the molecule is CCOc1ccc(NC(=O)NCCC(=O)O)cc1S(=O)(=O)N1CCCCC1. The largest absolute Gasteiger partial charge is 0.492 e. The molecular formula is C17H25N3O6S. The fraction of sp³-hybridized carbons (Fsp3) is 0.529. The van der Waals surface area contributed by atoms with Gasteiger partial charge in [0.05, 0.1) is 13.0 Å². The van der Waals surface area contributed by atoms with Crippen molar-refractivity contribution in [1.29, 1.82) is 0 Å². The van der Waals surface area contributed by atoms with E-state index in [1.54, 1.807) is 6.92 Å². The van der Waals surface area contributed by atoms with Crippen molar-refractivity contribution in [2.45, 2.75) is 37.5 Å². The third-order valence-corrected chi connectivity index (χ3v) is 5.98. The Morgan fingerprint density at radius 1 is 1.22 bits per heavy atom. The monoisotopic (exact) mass is 399 g/mol. The molecule has 0 unspecified atom stereocenters. The van der Waals surface area contributed by atoms with E-state index in [1.807, 2.05) is 0 Å². The molecule has 1 aliphatic heterocycles. The van der Waals surface area contributed by atoms with E-state index in [2.05, 4.69) is 10.6 Å². The number of carboxylic acids is 1. The van der Waals surface area contributed by atoms with Crippen LogP contribution in [0.2, 0.25) is 0 Å². The molecule has 0 aliphatic carbocycles. The minimum Gasteiger partial charge on any atom is -0.492 e. The quantitative estimate of drug-likeness (QED) is 0.613. The molecule has 0 radical (unpaired) electrons. The summed E-state index contributed by atoms with van der Waals surface area (Å²) in [5, 5.41) is 13.5. The number of carboxylic acid groups (broad SMARTS) is 1.